The quantitative estimate of drug-likeness (QED) is 0.921. The minimum atomic E-state index is -4.24. The molecular formula is C11H13ClF3N3. The molecule has 1 aromatic heterocycles. The van der Waals surface area contributed by atoms with Crippen molar-refractivity contribution in [1.82, 2.24) is 4.98 Å². The van der Waals surface area contributed by atoms with Crippen molar-refractivity contribution in [2.45, 2.75) is 31.6 Å². The normalized spacial score (nSPS) is 15.8. The molecule has 18 heavy (non-hydrogen) atoms. The number of hydrogen-bond acceptors (Lipinski definition) is 3. The van der Waals surface area contributed by atoms with Gasteiger partial charge in [-0.1, -0.05) is 11.6 Å². The molecule has 1 aromatic rings. The van der Waals surface area contributed by atoms with E-state index < -0.39 is 12.7 Å². The monoisotopic (exact) mass is 279 g/mol. The molecule has 1 aliphatic carbocycles. The number of hydrogen-bond donors (Lipinski definition) is 1. The molecular weight excluding hydrogens is 267 g/mol. The third kappa shape index (κ3) is 3.26. The van der Waals surface area contributed by atoms with E-state index in [4.69, 9.17) is 17.3 Å². The van der Waals surface area contributed by atoms with Gasteiger partial charge < -0.3 is 10.6 Å². The van der Waals surface area contributed by atoms with Crippen LogP contribution in [0.25, 0.3) is 0 Å². The molecule has 0 unspecified atom stereocenters. The number of rotatable bonds is 4. The first kappa shape index (κ1) is 13.4. The summed E-state index contributed by atoms with van der Waals surface area (Å²) in [6.07, 6.45) is -2.72. The zero-order valence-corrected chi connectivity index (χ0v) is 10.3. The van der Waals surface area contributed by atoms with Crippen LogP contribution in [0.4, 0.5) is 19.0 Å². The van der Waals surface area contributed by atoms with Crippen LogP contribution in [0, 0.1) is 0 Å². The summed E-state index contributed by atoms with van der Waals surface area (Å²) < 4.78 is 37.6. The summed E-state index contributed by atoms with van der Waals surface area (Å²) in [5, 5.41) is 0.379. The van der Waals surface area contributed by atoms with E-state index in [0.717, 1.165) is 12.8 Å². The van der Waals surface area contributed by atoms with Crippen molar-refractivity contribution in [3.8, 4) is 0 Å². The van der Waals surface area contributed by atoms with E-state index in [0.29, 0.717) is 16.5 Å². The Kier molecular flexibility index (Phi) is 3.68. The zero-order chi connectivity index (χ0) is 13.3. The second-order valence-electron chi connectivity index (χ2n) is 4.28. The van der Waals surface area contributed by atoms with Gasteiger partial charge in [-0.3, -0.25) is 0 Å². The van der Waals surface area contributed by atoms with E-state index >= 15 is 0 Å². The molecule has 2 N–H and O–H groups in total. The molecule has 1 fully saturated rings. The average molecular weight is 280 g/mol. The summed E-state index contributed by atoms with van der Waals surface area (Å²) in [5.41, 5.74) is 5.87. The second kappa shape index (κ2) is 4.93. The van der Waals surface area contributed by atoms with Crippen LogP contribution in [-0.4, -0.2) is 23.7 Å². The minimum Gasteiger partial charge on any atom is -0.345 e. The number of alkyl halides is 3. The SMILES string of the molecule is NCc1nc(N(CC(F)(F)F)C2CC2)ccc1Cl. The fourth-order valence-corrected chi connectivity index (χ4v) is 1.93. The number of aromatic nitrogens is 1. The lowest BCUT2D eigenvalue weighted by molar-refractivity contribution is -0.120. The molecule has 100 valence electrons. The van der Waals surface area contributed by atoms with Crippen LogP contribution in [0.15, 0.2) is 12.1 Å². The largest absolute Gasteiger partial charge is 0.405 e. The summed E-state index contributed by atoms with van der Waals surface area (Å²) in [6.45, 7) is -0.881. The molecule has 1 saturated carbocycles. The van der Waals surface area contributed by atoms with Crippen molar-refractivity contribution < 1.29 is 13.2 Å². The van der Waals surface area contributed by atoms with Crippen LogP contribution >= 0.6 is 11.6 Å². The molecule has 0 radical (unpaired) electrons. The van der Waals surface area contributed by atoms with Gasteiger partial charge in [-0.25, -0.2) is 4.98 Å². The van der Waals surface area contributed by atoms with Gasteiger partial charge in [0.1, 0.15) is 12.4 Å². The van der Waals surface area contributed by atoms with Crippen LogP contribution in [0.3, 0.4) is 0 Å². The average Bonchev–Trinajstić information content (AvgIpc) is 3.09. The lowest BCUT2D eigenvalue weighted by Crippen LogP contribution is -2.36. The number of anilines is 1. The molecule has 0 amide bonds. The highest BCUT2D eigenvalue weighted by atomic mass is 35.5. The van der Waals surface area contributed by atoms with Crippen molar-refractivity contribution in [3.05, 3.63) is 22.8 Å². The fourth-order valence-electron chi connectivity index (χ4n) is 1.75. The smallest absolute Gasteiger partial charge is 0.345 e. The molecule has 0 spiro atoms. The van der Waals surface area contributed by atoms with Crippen LogP contribution in [0.1, 0.15) is 18.5 Å². The summed E-state index contributed by atoms with van der Waals surface area (Å²) in [6, 6.07) is 2.97. The van der Waals surface area contributed by atoms with Gasteiger partial charge in [-0.15, -0.1) is 0 Å². The van der Waals surface area contributed by atoms with Gasteiger partial charge in [-0.2, -0.15) is 13.2 Å². The third-order valence-electron chi connectivity index (χ3n) is 2.73. The molecule has 1 aliphatic rings. The highest BCUT2D eigenvalue weighted by Gasteiger charge is 2.38. The maximum absolute atomic E-state index is 12.5. The standard InChI is InChI=1S/C11H13ClF3N3/c12-8-3-4-10(17-9(8)5-16)18(7-1-2-7)6-11(13,14)15/h3-4,7H,1-2,5-6,16H2. The Morgan fingerprint density at radius 2 is 2.06 bits per heavy atom. The highest BCUT2D eigenvalue weighted by molar-refractivity contribution is 6.31. The Hall–Kier alpha value is -1.01. The Labute approximate surface area is 108 Å². The second-order valence-corrected chi connectivity index (χ2v) is 4.68. The molecule has 1 heterocycles. The molecule has 7 heteroatoms. The zero-order valence-electron chi connectivity index (χ0n) is 9.54. The van der Waals surface area contributed by atoms with E-state index in [1.165, 1.54) is 17.0 Å². The number of nitrogens with two attached hydrogens (primary N) is 1. The van der Waals surface area contributed by atoms with Crippen molar-refractivity contribution in [3.63, 3.8) is 0 Å². The van der Waals surface area contributed by atoms with E-state index in [9.17, 15) is 13.2 Å². The Morgan fingerprint density at radius 1 is 1.39 bits per heavy atom. The lowest BCUT2D eigenvalue weighted by atomic mass is 10.3. The number of halogens is 4. The molecule has 0 aromatic carbocycles. The van der Waals surface area contributed by atoms with Crippen LogP contribution in [0.5, 0.6) is 0 Å². The van der Waals surface area contributed by atoms with Gasteiger partial charge in [-0.05, 0) is 25.0 Å². The summed E-state index contributed by atoms with van der Waals surface area (Å²) in [7, 11) is 0. The van der Waals surface area contributed by atoms with E-state index in [1.54, 1.807) is 0 Å². The van der Waals surface area contributed by atoms with Gasteiger partial charge in [0.25, 0.3) is 0 Å². The van der Waals surface area contributed by atoms with Gasteiger partial charge >= 0.3 is 6.18 Å². The molecule has 0 atom stereocenters. The lowest BCUT2D eigenvalue weighted by Gasteiger charge is -2.25. The minimum absolute atomic E-state index is 0.0778. The van der Waals surface area contributed by atoms with Crippen molar-refractivity contribution in [1.29, 1.82) is 0 Å². The van der Waals surface area contributed by atoms with Crippen molar-refractivity contribution in [2.24, 2.45) is 5.73 Å². The Bertz CT molecular complexity index is 432. The van der Waals surface area contributed by atoms with Crippen molar-refractivity contribution in [2.75, 3.05) is 11.4 Å². The summed E-state index contributed by atoms with van der Waals surface area (Å²) in [4.78, 5) is 5.38. The van der Waals surface area contributed by atoms with E-state index in [-0.39, 0.29) is 12.6 Å². The van der Waals surface area contributed by atoms with Crippen LogP contribution in [0.2, 0.25) is 5.02 Å². The van der Waals surface area contributed by atoms with Crippen LogP contribution < -0.4 is 10.6 Å². The van der Waals surface area contributed by atoms with Crippen molar-refractivity contribution >= 4 is 17.4 Å². The Morgan fingerprint density at radius 3 is 2.56 bits per heavy atom. The topological polar surface area (TPSA) is 42.1 Å². The predicted octanol–water partition coefficient (Wildman–Crippen LogP) is 2.72. The van der Waals surface area contributed by atoms with Gasteiger partial charge in [0.2, 0.25) is 0 Å². The fraction of sp³-hybridized carbons (Fsp3) is 0.545. The molecule has 0 bridgehead atoms. The van der Waals surface area contributed by atoms with Gasteiger partial charge in [0.05, 0.1) is 10.7 Å². The first-order valence-electron chi connectivity index (χ1n) is 5.59. The first-order chi connectivity index (χ1) is 8.40. The Balaban J connectivity index is 2.25. The van der Waals surface area contributed by atoms with E-state index in [1.807, 2.05) is 0 Å². The highest BCUT2D eigenvalue weighted by Crippen LogP contribution is 2.34. The number of nitrogens with zero attached hydrogens (tertiary/aromatic N) is 2. The van der Waals surface area contributed by atoms with E-state index in [2.05, 4.69) is 4.98 Å². The first-order valence-corrected chi connectivity index (χ1v) is 5.97. The molecule has 2 rings (SSSR count). The predicted molar refractivity (Wildman–Crippen MR) is 63.6 cm³/mol. The molecule has 3 nitrogen and oxygen atoms in total. The third-order valence-corrected chi connectivity index (χ3v) is 3.07. The van der Waals surface area contributed by atoms with Gasteiger partial charge in [0, 0.05) is 12.6 Å². The summed E-state index contributed by atoms with van der Waals surface area (Å²) in [5.74, 6) is 0.291. The maximum Gasteiger partial charge on any atom is 0.405 e. The molecule has 0 aliphatic heterocycles. The van der Waals surface area contributed by atoms with Crippen LogP contribution in [-0.2, 0) is 6.54 Å². The van der Waals surface area contributed by atoms with Gasteiger partial charge in [0.15, 0.2) is 0 Å². The maximum atomic E-state index is 12.5. The molecule has 0 saturated heterocycles. The summed E-state index contributed by atoms with van der Waals surface area (Å²) >= 11 is 5.85. The number of pyridine rings is 1.